The Morgan fingerprint density at radius 1 is 0.423 bits per heavy atom. The zero-order valence-corrected chi connectivity index (χ0v) is 28.1. The summed E-state index contributed by atoms with van der Waals surface area (Å²) in [5, 5.41) is 4.06. The lowest BCUT2D eigenvalue weighted by atomic mass is 10.1. The fourth-order valence-corrected chi connectivity index (χ4v) is 7.48. The second-order valence-corrected chi connectivity index (χ2v) is 13.3. The number of nitrogens with zero attached hydrogens (tertiary/aromatic N) is 3. The second-order valence-electron chi connectivity index (χ2n) is 13.3. The molecule has 0 aliphatic heterocycles. The van der Waals surface area contributed by atoms with E-state index in [0.717, 1.165) is 78.4 Å². The molecule has 0 saturated carbocycles. The van der Waals surface area contributed by atoms with Crippen molar-refractivity contribution in [3.05, 3.63) is 186 Å². The van der Waals surface area contributed by atoms with E-state index in [2.05, 4.69) is 93.8 Å². The quantitative estimate of drug-likeness (QED) is 0.152. The molecule has 254 valence electrons. The number of aromatic nitrogens is 2. The Balaban J connectivity index is 1.21. The SMILES string of the molecule is Cc1ccc(N(c2ccc3c(c2)c2ccccc2n3Cc2ccc(F)cc2F)c2ccc3c(c2)c2ccccc2n3Cc2ccc(F)cc2F)cc1. The number of fused-ring (bicyclic) bond motifs is 6. The summed E-state index contributed by atoms with van der Waals surface area (Å²) in [5.74, 6) is -2.36. The molecule has 2 aromatic heterocycles. The predicted octanol–water partition coefficient (Wildman–Crippen LogP) is 12.3. The summed E-state index contributed by atoms with van der Waals surface area (Å²) >= 11 is 0. The van der Waals surface area contributed by atoms with E-state index in [1.54, 1.807) is 0 Å². The van der Waals surface area contributed by atoms with Crippen molar-refractivity contribution in [2.75, 3.05) is 4.90 Å². The smallest absolute Gasteiger partial charge is 0.131 e. The molecular formula is C45H31F4N3. The van der Waals surface area contributed by atoms with Gasteiger partial charge in [0.1, 0.15) is 23.3 Å². The molecular weight excluding hydrogens is 659 g/mol. The van der Waals surface area contributed by atoms with E-state index in [1.165, 1.54) is 24.3 Å². The summed E-state index contributed by atoms with van der Waals surface area (Å²) < 4.78 is 61.4. The van der Waals surface area contributed by atoms with Crippen molar-refractivity contribution >= 4 is 60.7 Å². The van der Waals surface area contributed by atoms with Crippen LogP contribution >= 0.6 is 0 Å². The highest BCUT2D eigenvalue weighted by molar-refractivity contribution is 6.11. The molecule has 0 radical (unpaired) electrons. The zero-order valence-electron chi connectivity index (χ0n) is 28.1. The fourth-order valence-electron chi connectivity index (χ4n) is 7.48. The van der Waals surface area contributed by atoms with Crippen LogP contribution in [0.15, 0.2) is 146 Å². The number of benzene rings is 7. The maximum absolute atomic E-state index is 14.9. The number of para-hydroxylation sites is 2. The minimum atomic E-state index is -0.603. The van der Waals surface area contributed by atoms with Gasteiger partial charge < -0.3 is 14.0 Å². The van der Waals surface area contributed by atoms with Crippen LogP contribution in [-0.4, -0.2) is 9.13 Å². The molecule has 0 atom stereocenters. The summed E-state index contributed by atoms with van der Waals surface area (Å²) in [7, 11) is 0. The number of rotatable bonds is 7. The zero-order chi connectivity index (χ0) is 35.5. The highest BCUT2D eigenvalue weighted by Gasteiger charge is 2.20. The van der Waals surface area contributed by atoms with Crippen LogP contribution in [0.1, 0.15) is 16.7 Å². The summed E-state index contributed by atoms with van der Waals surface area (Å²) in [6, 6.07) is 44.5. The summed E-state index contributed by atoms with van der Waals surface area (Å²) in [5.41, 5.74) is 8.56. The number of hydrogen-bond donors (Lipinski definition) is 0. The molecule has 0 spiro atoms. The molecule has 7 heteroatoms. The van der Waals surface area contributed by atoms with Crippen molar-refractivity contribution in [1.82, 2.24) is 9.13 Å². The summed E-state index contributed by atoms with van der Waals surface area (Å²) in [6.07, 6.45) is 0. The number of aryl methyl sites for hydroxylation is 1. The van der Waals surface area contributed by atoms with Crippen LogP contribution in [0.25, 0.3) is 43.6 Å². The Morgan fingerprint density at radius 2 is 0.846 bits per heavy atom. The van der Waals surface area contributed by atoms with E-state index in [9.17, 15) is 17.6 Å². The topological polar surface area (TPSA) is 13.1 Å². The molecule has 0 aliphatic carbocycles. The highest BCUT2D eigenvalue weighted by Crippen LogP contribution is 2.41. The van der Waals surface area contributed by atoms with Crippen LogP contribution in [0.3, 0.4) is 0 Å². The molecule has 0 fully saturated rings. The molecule has 0 bridgehead atoms. The molecule has 7 aromatic carbocycles. The number of halogens is 4. The van der Waals surface area contributed by atoms with E-state index in [4.69, 9.17) is 0 Å². The van der Waals surface area contributed by atoms with Crippen molar-refractivity contribution in [3.63, 3.8) is 0 Å². The molecule has 0 amide bonds. The van der Waals surface area contributed by atoms with Gasteiger partial charge in [-0.3, -0.25) is 0 Å². The minimum absolute atomic E-state index is 0.250. The van der Waals surface area contributed by atoms with E-state index in [0.29, 0.717) is 11.1 Å². The van der Waals surface area contributed by atoms with Gasteiger partial charge >= 0.3 is 0 Å². The van der Waals surface area contributed by atoms with Crippen molar-refractivity contribution in [2.24, 2.45) is 0 Å². The summed E-state index contributed by atoms with van der Waals surface area (Å²) in [6.45, 7) is 2.56. The van der Waals surface area contributed by atoms with Gasteiger partial charge in [0.25, 0.3) is 0 Å². The maximum Gasteiger partial charge on any atom is 0.131 e. The van der Waals surface area contributed by atoms with Gasteiger partial charge in [-0.25, -0.2) is 17.6 Å². The normalized spacial score (nSPS) is 11.7. The Morgan fingerprint density at radius 3 is 1.31 bits per heavy atom. The number of anilines is 3. The monoisotopic (exact) mass is 689 g/mol. The molecule has 9 aromatic rings. The second kappa shape index (κ2) is 12.5. The lowest BCUT2D eigenvalue weighted by Crippen LogP contribution is -2.10. The lowest BCUT2D eigenvalue weighted by molar-refractivity contribution is 0.568. The number of hydrogen-bond acceptors (Lipinski definition) is 1. The Bertz CT molecular complexity index is 2640. The molecule has 52 heavy (non-hydrogen) atoms. The molecule has 0 N–H and O–H groups in total. The van der Waals surface area contributed by atoms with Crippen LogP contribution in [-0.2, 0) is 13.1 Å². The van der Waals surface area contributed by atoms with Crippen LogP contribution in [0.5, 0.6) is 0 Å². The largest absolute Gasteiger partial charge is 0.336 e. The van der Waals surface area contributed by atoms with Crippen molar-refractivity contribution in [1.29, 1.82) is 0 Å². The van der Waals surface area contributed by atoms with Crippen molar-refractivity contribution in [2.45, 2.75) is 20.0 Å². The maximum atomic E-state index is 14.9. The van der Waals surface area contributed by atoms with Gasteiger partial charge in [-0.05, 0) is 79.7 Å². The molecule has 9 rings (SSSR count). The molecule has 3 nitrogen and oxygen atoms in total. The molecule has 0 aliphatic rings. The van der Waals surface area contributed by atoms with E-state index < -0.39 is 23.3 Å². The third-order valence-electron chi connectivity index (χ3n) is 10.0. The standard InChI is InChI=1S/C45H31F4N3/c1-28-10-16-33(17-11-28)52(34-18-20-44-38(24-34)36-6-2-4-8-42(36)50(44)26-29-12-14-31(46)22-40(29)48)35-19-21-45-39(25-35)37-7-3-5-9-43(37)51(45)27-30-13-15-32(47)23-41(30)49/h2-25H,26-27H2,1H3. The predicted molar refractivity (Wildman–Crippen MR) is 203 cm³/mol. The molecule has 2 heterocycles. The first-order chi connectivity index (χ1) is 25.3. The Kier molecular flexibility index (Phi) is 7.58. The third-order valence-corrected chi connectivity index (χ3v) is 10.0. The Labute approximate surface area is 297 Å². The van der Waals surface area contributed by atoms with E-state index in [1.807, 2.05) is 36.4 Å². The van der Waals surface area contributed by atoms with Gasteiger partial charge in [-0.1, -0.05) is 66.2 Å². The molecule has 0 saturated heterocycles. The van der Waals surface area contributed by atoms with Crippen LogP contribution in [0.2, 0.25) is 0 Å². The van der Waals surface area contributed by atoms with Crippen molar-refractivity contribution < 1.29 is 17.6 Å². The Hall–Kier alpha value is -6.34. The summed E-state index contributed by atoms with van der Waals surface area (Å²) in [4.78, 5) is 2.22. The van der Waals surface area contributed by atoms with Crippen LogP contribution in [0.4, 0.5) is 34.6 Å². The first-order valence-electron chi connectivity index (χ1n) is 17.1. The minimum Gasteiger partial charge on any atom is -0.336 e. The van der Waals surface area contributed by atoms with Crippen LogP contribution in [0, 0.1) is 30.2 Å². The fraction of sp³-hybridized carbons (Fsp3) is 0.0667. The average Bonchev–Trinajstić information content (AvgIpc) is 3.63. The lowest BCUT2D eigenvalue weighted by Gasteiger charge is -2.26. The first-order valence-corrected chi connectivity index (χ1v) is 17.1. The average molecular weight is 690 g/mol. The van der Waals surface area contributed by atoms with Gasteiger partial charge in [0.15, 0.2) is 0 Å². The van der Waals surface area contributed by atoms with E-state index in [-0.39, 0.29) is 13.1 Å². The molecule has 0 unspecified atom stereocenters. The highest BCUT2D eigenvalue weighted by atomic mass is 19.1. The van der Waals surface area contributed by atoms with Crippen LogP contribution < -0.4 is 4.90 Å². The van der Waals surface area contributed by atoms with Gasteiger partial charge in [0.05, 0.1) is 13.1 Å². The van der Waals surface area contributed by atoms with Gasteiger partial charge in [-0.2, -0.15) is 0 Å². The van der Waals surface area contributed by atoms with Gasteiger partial charge in [0.2, 0.25) is 0 Å². The first kappa shape index (κ1) is 31.6. The van der Waals surface area contributed by atoms with Gasteiger partial charge in [0, 0.05) is 83.9 Å². The third kappa shape index (κ3) is 5.37. The van der Waals surface area contributed by atoms with Crippen molar-refractivity contribution in [3.8, 4) is 0 Å². The van der Waals surface area contributed by atoms with Gasteiger partial charge in [-0.15, -0.1) is 0 Å². The van der Waals surface area contributed by atoms with E-state index >= 15 is 0 Å².